The number of halogens is 2. The van der Waals surface area contributed by atoms with Gasteiger partial charge in [-0.25, -0.2) is 0 Å². The Morgan fingerprint density at radius 1 is 1.06 bits per heavy atom. The van der Waals surface area contributed by atoms with Crippen LogP contribution in [0.25, 0.3) is 0 Å². The van der Waals surface area contributed by atoms with Crippen LogP contribution in [0.5, 0.6) is 5.75 Å². The van der Waals surface area contributed by atoms with Gasteiger partial charge >= 0.3 is 5.69 Å². The zero-order valence-corrected chi connectivity index (χ0v) is 20.1. The number of benzene rings is 3. The number of nitrogens with one attached hydrogen (secondary N) is 1. The van der Waals surface area contributed by atoms with E-state index in [1.165, 1.54) is 6.07 Å². The quantitative estimate of drug-likeness (QED) is 0.222. The number of nitro groups is 1. The molecule has 0 saturated heterocycles. The number of nitrogens with zero attached hydrogens (tertiary/aromatic N) is 3. The molecule has 4 rings (SSSR count). The van der Waals surface area contributed by atoms with Crippen LogP contribution in [-0.2, 0) is 13.2 Å². The fourth-order valence-electron chi connectivity index (χ4n) is 3.39. The minimum absolute atomic E-state index is 0.0727. The topological polar surface area (TPSA) is 99.3 Å². The van der Waals surface area contributed by atoms with Crippen molar-refractivity contribution in [2.24, 2.45) is 0 Å². The second kappa shape index (κ2) is 10.6. The number of carbonyl (C=O) groups is 1. The van der Waals surface area contributed by atoms with Crippen molar-refractivity contribution in [3.05, 3.63) is 115 Å². The predicted molar refractivity (Wildman–Crippen MR) is 134 cm³/mol. The molecule has 0 aliphatic heterocycles. The Labute approximate surface area is 211 Å². The van der Waals surface area contributed by atoms with Crippen LogP contribution >= 0.6 is 23.2 Å². The molecule has 4 aromatic rings. The van der Waals surface area contributed by atoms with Crippen molar-refractivity contribution in [2.75, 3.05) is 5.32 Å². The molecule has 0 unspecified atom stereocenters. The molecule has 0 spiro atoms. The van der Waals surface area contributed by atoms with Gasteiger partial charge < -0.3 is 10.1 Å². The van der Waals surface area contributed by atoms with Crippen molar-refractivity contribution in [1.82, 2.24) is 9.78 Å². The van der Waals surface area contributed by atoms with Gasteiger partial charge in [-0.05, 0) is 53.9 Å². The van der Waals surface area contributed by atoms with Crippen molar-refractivity contribution in [3.8, 4) is 5.75 Å². The van der Waals surface area contributed by atoms with Crippen LogP contribution in [0.4, 0.5) is 11.5 Å². The molecule has 35 heavy (non-hydrogen) atoms. The Balaban J connectivity index is 1.40. The largest absolute Gasteiger partial charge is 0.482 e. The van der Waals surface area contributed by atoms with Gasteiger partial charge in [0.1, 0.15) is 6.61 Å². The fourth-order valence-corrected chi connectivity index (χ4v) is 3.71. The lowest BCUT2D eigenvalue weighted by Gasteiger charge is -2.09. The maximum absolute atomic E-state index is 12.7. The van der Waals surface area contributed by atoms with Crippen LogP contribution in [0.3, 0.4) is 0 Å². The first-order valence-electron chi connectivity index (χ1n) is 10.5. The highest BCUT2D eigenvalue weighted by atomic mass is 35.5. The molecule has 0 saturated carbocycles. The third-order valence-electron chi connectivity index (χ3n) is 5.11. The van der Waals surface area contributed by atoms with Crippen LogP contribution in [0.15, 0.2) is 72.9 Å². The molecule has 0 radical (unpaired) electrons. The molecule has 0 bridgehead atoms. The Morgan fingerprint density at radius 3 is 2.66 bits per heavy atom. The third-order valence-corrected chi connectivity index (χ3v) is 5.84. The standard InChI is InChI=1S/C25H20Cl2N4O4/c1-16-5-8-23(22(11-16)31(33)34)35-15-18-3-2-4-19(12-18)25(32)28-24-9-10-30(29-24)14-17-6-7-20(26)21(27)13-17/h2-13H,14-15H2,1H3,(H,28,29,32). The van der Waals surface area contributed by atoms with Gasteiger partial charge in [0.15, 0.2) is 11.6 Å². The van der Waals surface area contributed by atoms with Crippen LogP contribution in [0.1, 0.15) is 27.0 Å². The summed E-state index contributed by atoms with van der Waals surface area (Å²) in [6.07, 6.45) is 1.75. The van der Waals surface area contributed by atoms with Gasteiger partial charge in [0, 0.05) is 23.9 Å². The highest BCUT2D eigenvalue weighted by Gasteiger charge is 2.16. The molecule has 8 nitrogen and oxygen atoms in total. The first-order valence-corrected chi connectivity index (χ1v) is 11.3. The van der Waals surface area contributed by atoms with Gasteiger partial charge in [-0.3, -0.25) is 19.6 Å². The van der Waals surface area contributed by atoms with Crippen molar-refractivity contribution in [3.63, 3.8) is 0 Å². The van der Waals surface area contributed by atoms with E-state index in [1.807, 2.05) is 6.07 Å². The summed E-state index contributed by atoms with van der Waals surface area (Å²) >= 11 is 12.0. The summed E-state index contributed by atoms with van der Waals surface area (Å²) in [6, 6.07) is 18.6. The number of hydrogen-bond donors (Lipinski definition) is 1. The average Bonchev–Trinajstić information content (AvgIpc) is 3.27. The lowest BCUT2D eigenvalue weighted by atomic mass is 10.1. The molecule has 1 amide bonds. The van der Waals surface area contributed by atoms with E-state index in [0.29, 0.717) is 33.5 Å². The monoisotopic (exact) mass is 510 g/mol. The molecular weight excluding hydrogens is 491 g/mol. The third kappa shape index (κ3) is 6.17. The van der Waals surface area contributed by atoms with Crippen molar-refractivity contribution >= 4 is 40.6 Å². The number of aromatic nitrogens is 2. The number of amides is 1. The maximum Gasteiger partial charge on any atom is 0.311 e. The van der Waals surface area contributed by atoms with Crippen LogP contribution < -0.4 is 10.1 Å². The fraction of sp³-hybridized carbons (Fsp3) is 0.120. The molecule has 1 aromatic heterocycles. The Kier molecular flexibility index (Phi) is 7.33. The molecule has 1 N–H and O–H groups in total. The average molecular weight is 511 g/mol. The zero-order chi connectivity index (χ0) is 24.9. The summed E-state index contributed by atoms with van der Waals surface area (Å²) in [4.78, 5) is 23.6. The Morgan fingerprint density at radius 2 is 1.89 bits per heavy atom. The van der Waals surface area contributed by atoms with Gasteiger partial charge in [0.25, 0.3) is 5.91 Å². The second-order valence-electron chi connectivity index (χ2n) is 7.82. The van der Waals surface area contributed by atoms with E-state index in [2.05, 4.69) is 10.4 Å². The van der Waals surface area contributed by atoms with Gasteiger partial charge in [-0.15, -0.1) is 0 Å². The molecule has 0 fully saturated rings. The molecule has 3 aromatic carbocycles. The van der Waals surface area contributed by atoms with E-state index >= 15 is 0 Å². The normalized spacial score (nSPS) is 10.7. The van der Waals surface area contributed by atoms with Crippen LogP contribution in [-0.4, -0.2) is 20.6 Å². The molecule has 0 atom stereocenters. The smallest absolute Gasteiger partial charge is 0.311 e. The summed E-state index contributed by atoms with van der Waals surface area (Å²) in [7, 11) is 0. The molecule has 178 valence electrons. The molecule has 0 aliphatic rings. The van der Waals surface area contributed by atoms with Gasteiger partial charge in [0.2, 0.25) is 0 Å². The van der Waals surface area contributed by atoms with Crippen molar-refractivity contribution in [1.29, 1.82) is 0 Å². The number of hydrogen-bond acceptors (Lipinski definition) is 5. The minimum atomic E-state index is -0.479. The number of rotatable bonds is 8. The van der Waals surface area contributed by atoms with Crippen molar-refractivity contribution < 1.29 is 14.5 Å². The maximum atomic E-state index is 12.7. The predicted octanol–water partition coefficient (Wildman–Crippen LogP) is 6.29. The number of ether oxygens (including phenoxy) is 1. The molecule has 1 heterocycles. The van der Waals surface area contributed by atoms with E-state index in [1.54, 1.807) is 72.4 Å². The minimum Gasteiger partial charge on any atom is -0.482 e. The zero-order valence-electron chi connectivity index (χ0n) is 18.6. The number of aryl methyl sites for hydroxylation is 1. The Bertz CT molecular complexity index is 1400. The summed E-state index contributed by atoms with van der Waals surface area (Å²) in [5.41, 5.74) is 2.68. The summed E-state index contributed by atoms with van der Waals surface area (Å²) in [6.45, 7) is 2.31. The lowest BCUT2D eigenvalue weighted by Crippen LogP contribution is -2.13. The van der Waals surface area contributed by atoms with E-state index in [-0.39, 0.29) is 24.0 Å². The molecular formula is C25H20Cl2N4O4. The van der Waals surface area contributed by atoms with Gasteiger partial charge in [-0.1, -0.05) is 47.5 Å². The lowest BCUT2D eigenvalue weighted by molar-refractivity contribution is -0.386. The molecule has 10 heteroatoms. The number of nitro benzene ring substituents is 1. The summed E-state index contributed by atoms with van der Waals surface area (Å²) in [5.74, 6) is 0.225. The molecule has 0 aliphatic carbocycles. The highest BCUT2D eigenvalue weighted by molar-refractivity contribution is 6.42. The first-order chi connectivity index (χ1) is 16.8. The Hall–Kier alpha value is -3.88. The van der Waals surface area contributed by atoms with E-state index in [9.17, 15) is 14.9 Å². The van der Waals surface area contributed by atoms with Crippen LogP contribution in [0.2, 0.25) is 10.0 Å². The highest BCUT2D eigenvalue weighted by Crippen LogP contribution is 2.28. The van der Waals surface area contributed by atoms with Crippen molar-refractivity contribution in [2.45, 2.75) is 20.1 Å². The number of carbonyl (C=O) groups excluding carboxylic acids is 1. The SMILES string of the molecule is Cc1ccc(OCc2cccc(C(=O)Nc3ccn(Cc4ccc(Cl)c(Cl)c4)n3)c2)c([N+](=O)[O-])c1. The second-order valence-corrected chi connectivity index (χ2v) is 8.63. The van der Waals surface area contributed by atoms with E-state index in [0.717, 1.165) is 11.1 Å². The number of anilines is 1. The van der Waals surface area contributed by atoms with Crippen LogP contribution in [0, 0.1) is 17.0 Å². The summed E-state index contributed by atoms with van der Waals surface area (Å²) in [5, 5.41) is 19.4. The first kappa shape index (κ1) is 24.3. The summed E-state index contributed by atoms with van der Waals surface area (Å²) < 4.78 is 7.34. The van der Waals surface area contributed by atoms with E-state index in [4.69, 9.17) is 27.9 Å². The van der Waals surface area contributed by atoms with Gasteiger partial charge in [-0.2, -0.15) is 5.10 Å². The van der Waals surface area contributed by atoms with Gasteiger partial charge in [0.05, 0.1) is 21.5 Å². The van der Waals surface area contributed by atoms with E-state index < -0.39 is 4.92 Å².